The number of aryl methyl sites for hydroxylation is 6. The molecule has 0 atom stereocenters. The molecule has 109 heavy (non-hydrogen) atoms. The lowest BCUT2D eigenvalue weighted by atomic mass is 9.87. The first kappa shape index (κ1) is 64.9. The molecule has 20 aromatic rings. The molecule has 0 spiro atoms. The number of nitrogens with zero attached hydrogens (tertiary/aromatic N) is 8. The number of rotatable bonds is 5. The van der Waals surface area contributed by atoms with E-state index in [2.05, 4.69) is 350 Å². The molecule has 526 valence electrons. The van der Waals surface area contributed by atoms with Crippen LogP contribution in [-0.4, -0.2) is 62.5 Å². The maximum atomic E-state index is 7.19. The highest BCUT2D eigenvalue weighted by molar-refractivity contribution is 7.09. The number of benzene rings is 12. The molecule has 0 fully saturated rings. The summed E-state index contributed by atoms with van der Waals surface area (Å²) >= 11 is 0. The Kier molecular flexibility index (Phi) is 14.4. The van der Waals surface area contributed by atoms with Crippen molar-refractivity contribution < 1.29 is 13.3 Å². The quantitative estimate of drug-likeness (QED) is 0.125. The van der Waals surface area contributed by atoms with Crippen LogP contribution in [0.25, 0.3) is 109 Å². The molecule has 0 aliphatic carbocycles. The number of aromatic nitrogens is 8. The average molecular weight is 1460 g/mol. The highest BCUT2D eigenvalue weighted by Gasteiger charge is 2.51. The molecule has 0 saturated carbocycles. The molecular weight excluding hydrogens is 1390 g/mol. The van der Waals surface area contributed by atoms with E-state index in [0.717, 1.165) is 63.8 Å². The number of hydrogen-bond donors (Lipinski definition) is 0. The topological polar surface area (TPSA) is 96.9 Å². The summed E-state index contributed by atoms with van der Waals surface area (Å²) in [6, 6.07) is 93.1. The fourth-order valence-electron chi connectivity index (χ4n) is 18.9. The smallest absolute Gasteiger partial charge is 0.365 e. The van der Waals surface area contributed by atoms with E-state index < -0.39 is 25.0 Å². The predicted octanol–water partition coefficient (Wildman–Crippen LogP) is 17.5. The van der Waals surface area contributed by atoms with Crippen LogP contribution in [0.5, 0.6) is 17.5 Å². The Hall–Kier alpha value is -12.5. The lowest BCUT2D eigenvalue weighted by Crippen LogP contribution is -2.73. The number of hydrogen-bond acceptors (Lipinski definition) is 7. The zero-order chi connectivity index (χ0) is 73.3. The number of fused-ring (bicyclic) bond motifs is 12. The minimum Gasteiger partial charge on any atom is -0.528 e. The van der Waals surface area contributed by atoms with Crippen LogP contribution in [0.1, 0.15) is 58.8 Å². The standard InChI is InChI=1S/2C28H20N2OSi.C21H20N2.C18H16N2OSi/c1-19-16-17-24-27-26(19)22-14-8-9-15-23(22)28-29-18-25(30(27)28)31-32(24,20-10-4-2-5-11-20)21-12-6-3-7-13-21;1-19-16-17-24-27-26(19)22-14-8-9-15-23(22)28-29-18-25(30(27)28)32(31-24,20-10-4-2-5-11-20)21-12-6-3-7-13-21;1-12(2)18-10-14-8-9-15-11-22-21-17-7-5-4-6-16(17)19(13(18)3)20(14)23(15)21;1-11-8-9-14-17-16(11)12-6-4-5-7-13(12)18-19-10-15(20(17)18)21-22(14,2)3/h2*2-18H,1H3;4-7,10-12H,8-9H2,1-3H3;4-10H,1-3H3. The maximum Gasteiger partial charge on any atom is 0.365 e. The maximum absolute atomic E-state index is 7.19. The Morgan fingerprint density at radius 3 is 1.24 bits per heavy atom. The molecule has 14 heteroatoms. The minimum atomic E-state index is -2.81. The third kappa shape index (κ3) is 9.25. The van der Waals surface area contributed by atoms with Crippen molar-refractivity contribution in [2.24, 2.45) is 0 Å². The van der Waals surface area contributed by atoms with Crippen molar-refractivity contribution in [2.75, 3.05) is 0 Å². The first-order chi connectivity index (χ1) is 53.3. The van der Waals surface area contributed by atoms with E-state index in [1.165, 1.54) is 151 Å². The Balaban J connectivity index is 0.0000000938. The van der Waals surface area contributed by atoms with Crippen molar-refractivity contribution in [1.82, 2.24) is 37.5 Å². The molecule has 0 unspecified atom stereocenters. The Bertz CT molecular complexity index is 7130. The second-order valence-electron chi connectivity index (χ2n) is 30.6. The van der Waals surface area contributed by atoms with Gasteiger partial charge in [0.05, 0.1) is 39.8 Å². The molecule has 4 aliphatic rings. The number of imidazole rings is 4. The minimum absolute atomic E-state index is 0.550. The van der Waals surface area contributed by atoms with Crippen LogP contribution in [0.15, 0.2) is 286 Å². The van der Waals surface area contributed by atoms with Gasteiger partial charge in [-0.1, -0.05) is 269 Å². The zero-order valence-electron chi connectivity index (χ0n) is 61.9. The van der Waals surface area contributed by atoms with Crippen LogP contribution in [0, 0.1) is 27.7 Å². The Morgan fingerprint density at radius 1 is 0.339 bits per heavy atom. The molecule has 11 nitrogen and oxygen atoms in total. The molecular formula is C95H76N8O3Si3. The summed E-state index contributed by atoms with van der Waals surface area (Å²) in [4.78, 5) is 19.2. The van der Waals surface area contributed by atoms with Crippen LogP contribution in [0.2, 0.25) is 13.1 Å². The highest BCUT2D eigenvalue weighted by Crippen LogP contribution is 2.44. The fraction of sp³-hybridized carbons (Fsp3) is 0.116. The first-order valence-electron chi connectivity index (χ1n) is 37.9. The van der Waals surface area contributed by atoms with Gasteiger partial charge in [-0.05, 0) is 141 Å². The summed E-state index contributed by atoms with van der Waals surface area (Å²) in [5.74, 6) is 3.20. The van der Waals surface area contributed by atoms with Crippen molar-refractivity contribution in [3.05, 3.63) is 325 Å². The lowest BCUT2D eigenvalue weighted by molar-refractivity contribution is 0.532. The van der Waals surface area contributed by atoms with Crippen LogP contribution in [-0.2, 0) is 12.8 Å². The van der Waals surface area contributed by atoms with E-state index in [9.17, 15) is 0 Å². The molecule has 0 saturated heterocycles. The van der Waals surface area contributed by atoms with E-state index in [1.54, 1.807) is 0 Å². The van der Waals surface area contributed by atoms with E-state index in [1.807, 2.05) is 12.4 Å². The van der Waals surface area contributed by atoms with E-state index in [0.29, 0.717) is 5.92 Å². The normalized spacial score (nSPS) is 14.5. The van der Waals surface area contributed by atoms with Gasteiger partial charge in [0, 0.05) is 71.6 Å². The summed E-state index contributed by atoms with van der Waals surface area (Å²) in [6.45, 7) is 18.0. The summed E-state index contributed by atoms with van der Waals surface area (Å²) in [5.41, 5.74) is 18.7. The Labute approximate surface area is 632 Å². The summed E-state index contributed by atoms with van der Waals surface area (Å²) in [6.07, 6.45) is 10.1. The monoisotopic (exact) mass is 1460 g/mol. The van der Waals surface area contributed by atoms with Gasteiger partial charge in [-0.3, -0.25) is 17.6 Å². The van der Waals surface area contributed by atoms with Crippen LogP contribution < -0.4 is 49.7 Å². The van der Waals surface area contributed by atoms with Crippen molar-refractivity contribution in [2.45, 2.75) is 73.4 Å². The van der Waals surface area contributed by atoms with Crippen LogP contribution in [0.4, 0.5) is 0 Å². The lowest BCUT2D eigenvalue weighted by Gasteiger charge is -2.37. The molecule has 24 rings (SSSR count). The summed E-state index contributed by atoms with van der Waals surface area (Å²) in [5, 5.41) is 23.9. The predicted molar refractivity (Wildman–Crippen MR) is 455 cm³/mol. The molecule has 0 N–H and O–H groups in total. The third-order valence-electron chi connectivity index (χ3n) is 23.8. The van der Waals surface area contributed by atoms with Crippen molar-refractivity contribution in [3.8, 4) is 17.5 Å². The van der Waals surface area contributed by atoms with Gasteiger partial charge in [0.25, 0.3) is 8.32 Å². The highest BCUT2D eigenvalue weighted by atomic mass is 28.4. The van der Waals surface area contributed by atoms with Crippen molar-refractivity contribution in [1.29, 1.82) is 0 Å². The van der Waals surface area contributed by atoms with Crippen molar-refractivity contribution in [3.63, 3.8) is 0 Å². The van der Waals surface area contributed by atoms with Crippen LogP contribution in [0.3, 0.4) is 0 Å². The molecule has 0 amide bonds. The molecule has 0 bridgehead atoms. The molecule has 4 aliphatic heterocycles. The fourth-order valence-corrected chi connectivity index (χ4v) is 28.8. The molecule has 12 heterocycles. The van der Waals surface area contributed by atoms with Gasteiger partial charge in [-0.15, -0.1) is 0 Å². The van der Waals surface area contributed by atoms with Gasteiger partial charge in [0.15, 0.2) is 0 Å². The second-order valence-corrected chi connectivity index (χ2v) is 40.8. The zero-order valence-corrected chi connectivity index (χ0v) is 64.9. The third-order valence-corrected chi connectivity index (χ3v) is 34.0. The first-order valence-corrected chi connectivity index (χ1v) is 44.6. The summed E-state index contributed by atoms with van der Waals surface area (Å²) < 4.78 is 29.9. The van der Waals surface area contributed by atoms with Gasteiger partial charge in [-0.2, -0.15) is 0 Å². The summed E-state index contributed by atoms with van der Waals surface area (Å²) in [7, 11) is -7.56. The Morgan fingerprint density at radius 2 is 0.734 bits per heavy atom. The van der Waals surface area contributed by atoms with E-state index >= 15 is 0 Å². The van der Waals surface area contributed by atoms with Gasteiger partial charge < -0.3 is 13.3 Å². The van der Waals surface area contributed by atoms with Gasteiger partial charge in [0.2, 0.25) is 11.8 Å². The van der Waals surface area contributed by atoms with Gasteiger partial charge in [0.1, 0.15) is 28.3 Å². The molecule has 0 radical (unpaired) electrons. The van der Waals surface area contributed by atoms with Gasteiger partial charge >= 0.3 is 16.6 Å². The molecule has 8 aromatic heterocycles. The molecule has 12 aromatic carbocycles. The largest absolute Gasteiger partial charge is 0.528 e. The van der Waals surface area contributed by atoms with Gasteiger partial charge in [-0.25, -0.2) is 19.9 Å². The average Bonchev–Trinajstić information content (AvgIpc) is 1.66. The SMILES string of the molecule is Cc1c(C(C)C)cc2c3c1c1ccccc1c1ncc(n13)CC2.Cc1ccc2c3c1c1ccccc1c1ncc(n13)O[Si]2(C)C.Cc1ccc2c3c1c1ccccc1c1ncc(n13)O[Si]2(c1ccccc1)c1ccccc1.Cc1ccc2c3c1c1ccccc1c1ncc(n13)[Si](c1ccccc1)(c1ccccc1)O2. The van der Waals surface area contributed by atoms with E-state index in [-0.39, 0.29) is 0 Å². The number of pyridine rings is 4. The van der Waals surface area contributed by atoms with E-state index in [4.69, 9.17) is 28.2 Å². The van der Waals surface area contributed by atoms with Crippen LogP contribution >= 0.6 is 0 Å². The second kappa shape index (κ2) is 24.3. The van der Waals surface area contributed by atoms with Crippen molar-refractivity contribution >= 4 is 171 Å².